The van der Waals surface area contributed by atoms with Gasteiger partial charge in [-0.1, -0.05) is 54.4 Å². The predicted molar refractivity (Wildman–Crippen MR) is 128 cm³/mol. The van der Waals surface area contributed by atoms with E-state index in [4.69, 9.17) is 33.7 Å². The van der Waals surface area contributed by atoms with Crippen molar-refractivity contribution in [2.45, 2.75) is 51.1 Å². The SMILES string of the molecule is COC(=O)CC1(C)CC(c2cccc(Cl)c2)C(c2ccc(Cl)cc2)N([C@@H](C)CCN)C1=O. The zero-order valence-electron chi connectivity index (χ0n) is 18.7. The van der Waals surface area contributed by atoms with Crippen molar-refractivity contribution in [1.82, 2.24) is 4.90 Å². The Kier molecular flexibility index (Phi) is 7.86. The lowest BCUT2D eigenvalue weighted by atomic mass is 9.67. The second kappa shape index (κ2) is 10.2. The van der Waals surface area contributed by atoms with E-state index in [0.717, 1.165) is 11.1 Å². The van der Waals surface area contributed by atoms with Crippen molar-refractivity contribution in [2.75, 3.05) is 13.7 Å². The summed E-state index contributed by atoms with van der Waals surface area (Å²) in [6.45, 7) is 4.31. The van der Waals surface area contributed by atoms with Crippen molar-refractivity contribution >= 4 is 35.1 Å². The monoisotopic (exact) mass is 476 g/mol. The summed E-state index contributed by atoms with van der Waals surface area (Å²) in [6, 6.07) is 14.9. The Balaban J connectivity index is 2.19. The van der Waals surface area contributed by atoms with Gasteiger partial charge in [0.05, 0.1) is 25.0 Å². The van der Waals surface area contributed by atoms with Gasteiger partial charge in [-0.05, 0) is 61.7 Å². The fourth-order valence-corrected chi connectivity index (χ4v) is 5.12. The second-order valence-electron chi connectivity index (χ2n) is 8.81. The van der Waals surface area contributed by atoms with Gasteiger partial charge < -0.3 is 15.4 Å². The molecule has 2 aromatic rings. The first kappa shape index (κ1) is 24.6. The molecule has 1 heterocycles. The molecule has 1 amide bonds. The third kappa shape index (κ3) is 5.11. The number of piperidine rings is 1. The molecule has 1 aliphatic rings. The van der Waals surface area contributed by atoms with Gasteiger partial charge in [-0.3, -0.25) is 9.59 Å². The molecule has 5 nitrogen and oxygen atoms in total. The largest absolute Gasteiger partial charge is 0.469 e. The highest BCUT2D eigenvalue weighted by Gasteiger charge is 2.51. The van der Waals surface area contributed by atoms with Crippen LogP contribution in [0.4, 0.5) is 0 Å². The number of rotatable bonds is 7. The molecular formula is C25H30Cl2N2O3. The van der Waals surface area contributed by atoms with Crippen molar-refractivity contribution in [3.8, 4) is 0 Å². The van der Waals surface area contributed by atoms with Crippen LogP contribution in [0.2, 0.25) is 10.0 Å². The van der Waals surface area contributed by atoms with E-state index < -0.39 is 11.4 Å². The molecule has 3 unspecified atom stereocenters. The van der Waals surface area contributed by atoms with Crippen molar-refractivity contribution in [1.29, 1.82) is 0 Å². The highest BCUT2D eigenvalue weighted by atomic mass is 35.5. The maximum absolute atomic E-state index is 13.9. The summed E-state index contributed by atoms with van der Waals surface area (Å²) in [4.78, 5) is 28.1. The minimum absolute atomic E-state index is 0.0125. The number of nitrogens with zero attached hydrogens (tertiary/aromatic N) is 1. The van der Waals surface area contributed by atoms with E-state index in [1.54, 1.807) is 0 Å². The molecule has 32 heavy (non-hydrogen) atoms. The van der Waals surface area contributed by atoms with E-state index >= 15 is 0 Å². The van der Waals surface area contributed by atoms with Gasteiger partial charge in [0.25, 0.3) is 0 Å². The number of nitrogens with two attached hydrogens (primary N) is 1. The average molecular weight is 477 g/mol. The molecule has 1 aliphatic heterocycles. The Morgan fingerprint density at radius 1 is 1.19 bits per heavy atom. The molecule has 1 saturated heterocycles. The molecule has 3 rings (SSSR count). The molecule has 0 aliphatic carbocycles. The van der Waals surface area contributed by atoms with Crippen LogP contribution in [0.3, 0.4) is 0 Å². The fourth-order valence-electron chi connectivity index (χ4n) is 4.80. The Morgan fingerprint density at radius 2 is 1.88 bits per heavy atom. The molecule has 1 fully saturated rings. The average Bonchev–Trinajstić information content (AvgIpc) is 2.76. The summed E-state index contributed by atoms with van der Waals surface area (Å²) in [6.07, 6.45) is 1.14. The lowest BCUT2D eigenvalue weighted by Gasteiger charge is -2.51. The van der Waals surface area contributed by atoms with Gasteiger partial charge in [0, 0.05) is 22.0 Å². The lowest BCUT2D eigenvalue weighted by Crippen LogP contribution is -2.55. The molecule has 0 aromatic heterocycles. The third-order valence-electron chi connectivity index (χ3n) is 6.41. The minimum Gasteiger partial charge on any atom is -0.469 e. The number of likely N-dealkylation sites (tertiary alicyclic amines) is 1. The van der Waals surface area contributed by atoms with E-state index in [2.05, 4.69) is 0 Å². The molecule has 0 radical (unpaired) electrons. The van der Waals surface area contributed by atoms with Crippen LogP contribution in [-0.2, 0) is 14.3 Å². The fraction of sp³-hybridized carbons (Fsp3) is 0.440. The first-order valence-electron chi connectivity index (χ1n) is 10.8. The van der Waals surface area contributed by atoms with E-state index in [0.29, 0.717) is 29.4 Å². The topological polar surface area (TPSA) is 72.6 Å². The van der Waals surface area contributed by atoms with Gasteiger partial charge in [-0.2, -0.15) is 0 Å². The van der Waals surface area contributed by atoms with Gasteiger partial charge in [0.1, 0.15) is 0 Å². The maximum atomic E-state index is 13.9. The number of halogens is 2. The van der Waals surface area contributed by atoms with Crippen LogP contribution < -0.4 is 5.73 Å². The summed E-state index contributed by atoms with van der Waals surface area (Å²) < 4.78 is 4.93. The number of esters is 1. The first-order valence-corrected chi connectivity index (χ1v) is 11.6. The zero-order chi connectivity index (χ0) is 23.5. The molecule has 7 heteroatoms. The number of carbonyl (C=O) groups excluding carboxylic acids is 2. The summed E-state index contributed by atoms with van der Waals surface area (Å²) in [7, 11) is 1.35. The normalized spacial score (nSPS) is 24.3. The van der Waals surface area contributed by atoms with Gasteiger partial charge >= 0.3 is 5.97 Å². The summed E-state index contributed by atoms with van der Waals surface area (Å²) >= 11 is 12.5. The zero-order valence-corrected chi connectivity index (χ0v) is 20.2. The summed E-state index contributed by atoms with van der Waals surface area (Å²) in [5.41, 5.74) is 6.97. The van der Waals surface area contributed by atoms with Gasteiger partial charge in [0.15, 0.2) is 0 Å². The molecule has 4 atom stereocenters. The molecule has 0 spiro atoms. The van der Waals surface area contributed by atoms with Crippen LogP contribution in [0.5, 0.6) is 0 Å². The molecule has 172 valence electrons. The smallest absolute Gasteiger partial charge is 0.306 e. The van der Waals surface area contributed by atoms with Crippen molar-refractivity contribution in [3.05, 3.63) is 69.7 Å². The number of methoxy groups -OCH3 is 1. The molecule has 2 aromatic carbocycles. The number of ether oxygens (including phenoxy) is 1. The molecule has 0 bridgehead atoms. The Labute approximate surface area is 199 Å². The Bertz CT molecular complexity index is 966. The van der Waals surface area contributed by atoms with Crippen molar-refractivity contribution < 1.29 is 14.3 Å². The van der Waals surface area contributed by atoms with Crippen LogP contribution in [0.15, 0.2) is 48.5 Å². The lowest BCUT2D eigenvalue weighted by molar-refractivity contribution is -0.161. The number of hydrogen-bond donors (Lipinski definition) is 1. The van der Waals surface area contributed by atoms with Gasteiger partial charge in [0.2, 0.25) is 5.91 Å². The third-order valence-corrected chi connectivity index (χ3v) is 6.90. The van der Waals surface area contributed by atoms with Gasteiger partial charge in [-0.25, -0.2) is 0 Å². The van der Waals surface area contributed by atoms with Crippen molar-refractivity contribution in [3.63, 3.8) is 0 Å². The first-order chi connectivity index (χ1) is 15.2. The van der Waals surface area contributed by atoms with Crippen LogP contribution in [-0.4, -0.2) is 36.5 Å². The van der Waals surface area contributed by atoms with Crippen LogP contribution in [0.25, 0.3) is 0 Å². The predicted octanol–water partition coefficient (Wildman–Crippen LogP) is 5.36. The quantitative estimate of drug-likeness (QED) is 0.546. The van der Waals surface area contributed by atoms with E-state index in [9.17, 15) is 9.59 Å². The molecule has 0 saturated carbocycles. The Morgan fingerprint density at radius 3 is 2.47 bits per heavy atom. The van der Waals surface area contributed by atoms with Crippen LogP contribution in [0.1, 0.15) is 56.2 Å². The summed E-state index contributed by atoms with van der Waals surface area (Å²) in [5.74, 6) is -0.549. The molecular weight excluding hydrogens is 447 g/mol. The van der Waals surface area contributed by atoms with Crippen molar-refractivity contribution in [2.24, 2.45) is 11.1 Å². The Hall–Kier alpha value is -2.08. The van der Waals surface area contributed by atoms with E-state index in [-0.39, 0.29) is 30.3 Å². The standard InChI is InChI=1S/C25H30Cl2N2O3/c1-16(11-12-28)29-23(17-7-9-19(26)10-8-17)21(18-5-4-6-20(27)13-18)14-25(2,24(29)31)15-22(30)32-3/h4-10,13,16,21,23H,11-12,14-15,28H2,1-3H3/t16-,21?,23?,25?/m0/s1. The van der Waals surface area contributed by atoms with Crippen LogP contribution >= 0.6 is 23.2 Å². The van der Waals surface area contributed by atoms with E-state index in [1.165, 1.54) is 7.11 Å². The number of carbonyl (C=O) groups is 2. The highest BCUT2D eigenvalue weighted by Crippen LogP contribution is 2.52. The summed E-state index contributed by atoms with van der Waals surface area (Å²) in [5, 5.41) is 1.26. The number of hydrogen-bond acceptors (Lipinski definition) is 4. The molecule has 2 N–H and O–H groups in total. The number of amides is 1. The van der Waals surface area contributed by atoms with Gasteiger partial charge in [-0.15, -0.1) is 0 Å². The van der Waals surface area contributed by atoms with E-state index in [1.807, 2.05) is 67.3 Å². The second-order valence-corrected chi connectivity index (χ2v) is 9.69. The van der Waals surface area contributed by atoms with Crippen LogP contribution in [0, 0.1) is 5.41 Å². The maximum Gasteiger partial charge on any atom is 0.306 e. The number of benzene rings is 2. The highest BCUT2D eigenvalue weighted by molar-refractivity contribution is 6.30. The minimum atomic E-state index is -0.911.